The molecule has 0 saturated carbocycles. The van der Waals surface area contributed by atoms with Gasteiger partial charge < -0.3 is 9.47 Å². The third-order valence-electron chi connectivity index (χ3n) is 4.75. The van der Waals surface area contributed by atoms with Gasteiger partial charge in [-0.1, -0.05) is 12.0 Å². The van der Waals surface area contributed by atoms with Crippen LogP contribution in [0, 0.1) is 22.5 Å². The first-order valence-electron chi connectivity index (χ1n) is 8.46. The van der Waals surface area contributed by atoms with Gasteiger partial charge in [0.05, 0.1) is 16.0 Å². The molecule has 0 saturated heterocycles. The van der Waals surface area contributed by atoms with Crippen molar-refractivity contribution in [3.05, 3.63) is 76.3 Å². The fourth-order valence-electron chi connectivity index (χ4n) is 3.37. The summed E-state index contributed by atoms with van der Waals surface area (Å²) in [5.41, 5.74) is 4.61. The van der Waals surface area contributed by atoms with E-state index in [1.807, 2.05) is 53.9 Å². The van der Waals surface area contributed by atoms with E-state index in [2.05, 4.69) is 24.1 Å². The van der Waals surface area contributed by atoms with Crippen LogP contribution >= 0.6 is 0 Å². The van der Waals surface area contributed by atoms with Crippen LogP contribution in [0.3, 0.4) is 0 Å². The van der Waals surface area contributed by atoms with E-state index in [9.17, 15) is 10.1 Å². The number of nitro groups is 1. The van der Waals surface area contributed by atoms with E-state index in [1.165, 1.54) is 0 Å². The highest BCUT2D eigenvalue weighted by Gasteiger charge is 2.16. The highest BCUT2D eigenvalue weighted by molar-refractivity contribution is 6.10. The maximum atomic E-state index is 11.3. The number of nitro benzene ring substituents is 1. The van der Waals surface area contributed by atoms with Gasteiger partial charge in [0.15, 0.2) is 0 Å². The number of nitrogens with zero attached hydrogens (tertiary/aromatic N) is 3. The van der Waals surface area contributed by atoms with Crippen LogP contribution < -0.4 is 4.90 Å². The summed E-state index contributed by atoms with van der Waals surface area (Å²) in [6.07, 6.45) is 5.47. The first kappa shape index (κ1) is 16.7. The average Bonchev–Trinajstić information content (AvgIpc) is 3.00. The van der Waals surface area contributed by atoms with Crippen LogP contribution in [-0.2, 0) is 0 Å². The number of rotatable bonds is 3. The fraction of sp³-hybridized carbons (Fsp3) is 0.0909. The van der Waals surface area contributed by atoms with Crippen LogP contribution in [0.1, 0.15) is 5.56 Å². The smallest absolute Gasteiger partial charge is 0.271 e. The van der Waals surface area contributed by atoms with Crippen LogP contribution in [0.4, 0.5) is 11.4 Å². The third-order valence-corrected chi connectivity index (χ3v) is 4.75. The molecule has 0 atom stereocenters. The first-order valence-corrected chi connectivity index (χ1v) is 8.46. The number of non-ortho nitro benzene ring substituents is 1. The van der Waals surface area contributed by atoms with Crippen molar-refractivity contribution in [2.45, 2.75) is 0 Å². The van der Waals surface area contributed by atoms with Crippen molar-refractivity contribution in [2.24, 2.45) is 0 Å². The molecule has 0 radical (unpaired) electrons. The summed E-state index contributed by atoms with van der Waals surface area (Å²) in [4.78, 5) is 13.0. The minimum atomic E-state index is -0.367. The average molecular weight is 355 g/mol. The topological polar surface area (TPSA) is 51.3 Å². The Hall–Kier alpha value is -3.78. The highest BCUT2D eigenvalue weighted by Crippen LogP contribution is 2.35. The number of anilines is 1. The van der Waals surface area contributed by atoms with Crippen molar-refractivity contribution in [2.75, 3.05) is 19.0 Å². The van der Waals surface area contributed by atoms with Crippen LogP contribution in [0.2, 0.25) is 0 Å². The predicted octanol–water partition coefficient (Wildman–Crippen LogP) is 4.74. The van der Waals surface area contributed by atoms with Crippen molar-refractivity contribution < 1.29 is 4.92 Å². The number of aromatic nitrogens is 1. The highest BCUT2D eigenvalue weighted by atomic mass is 16.6. The Bertz CT molecular complexity index is 1230. The van der Waals surface area contributed by atoms with Crippen molar-refractivity contribution in [3.63, 3.8) is 0 Å². The Morgan fingerprint density at radius 2 is 1.59 bits per heavy atom. The monoisotopic (exact) mass is 355 g/mol. The Labute approximate surface area is 156 Å². The second-order valence-corrected chi connectivity index (χ2v) is 6.58. The van der Waals surface area contributed by atoms with Gasteiger partial charge in [-0.2, -0.15) is 0 Å². The number of benzene rings is 3. The molecule has 5 heteroatoms. The summed E-state index contributed by atoms with van der Waals surface area (Å²) in [6.45, 7) is 0. The van der Waals surface area contributed by atoms with E-state index < -0.39 is 0 Å². The lowest BCUT2D eigenvalue weighted by Crippen LogP contribution is -2.08. The molecule has 4 rings (SSSR count). The van der Waals surface area contributed by atoms with E-state index in [0.29, 0.717) is 0 Å². The molecule has 0 aliphatic carbocycles. The Balaban J connectivity index is 2.12. The van der Waals surface area contributed by atoms with Crippen LogP contribution in [0.25, 0.3) is 27.5 Å². The molecule has 1 aromatic heterocycles. The van der Waals surface area contributed by atoms with Gasteiger partial charge in [-0.15, -0.1) is 6.42 Å². The van der Waals surface area contributed by atoms with Gasteiger partial charge in [-0.3, -0.25) is 10.1 Å². The number of terminal acetylenes is 1. The van der Waals surface area contributed by atoms with Crippen molar-refractivity contribution in [1.29, 1.82) is 0 Å². The van der Waals surface area contributed by atoms with E-state index in [-0.39, 0.29) is 10.6 Å². The summed E-state index contributed by atoms with van der Waals surface area (Å²) in [5.74, 6) is 2.62. The molecule has 0 amide bonds. The van der Waals surface area contributed by atoms with Crippen LogP contribution in [0.15, 0.2) is 60.7 Å². The molecule has 3 aromatic carbocycles. The van der Waals surface area contributed by atoms with Crippen molar-refractivity contribution in [1.82, 2.24) is 4.57 Å². The molecule has 0 fully saturated rings. The third kappa shape index (κ3) is 2.68. The summed E-state index contributed by atoms with van der Waals surface area (Å²) >= 11 is 0. The Morgan fingerprint density at radius 3 is 2.19 bits per heavy atom. The molecular weight excluding hydrogens is 338 g/mol. The maximum absolute atomic E-state index is 11.3. The van der Waals surface area contributed by atoms with Gasteiger partial charge >= 0.3 is 0 Å². The molecule has 132 valence electrons. The van der Waals surface area contributed by atoms with E-state index >= 15 is 0 Å². The van der Waals surface area contributed by atoms with E-state index in [1.54, 1.807) is 12.1 Å². The zero-order valence-corrected chi connectivity index (χ0v) is 15.0. The number of hydrogen-bond acceptors (Lipinski definition) is 3. The van der Waals surface area contributed by atoms with Gasteiger partial charge in [-0.05, 0) is 42.5 Å². The fourth-order valence-corrected chi connectivity index (χ4v) is 3.37. The van der Waals surface area contributed by atoms with Gasteiger partial charge in [0.25, 0.3) is 5.69 Å². The zero-order chi connectivity index (χ0) is 19.1. The van der Waals surface area contributed by atoms with Crippen LogP contribution in [-0.4, -0.2) is 23.6 Å². The summed E-state index contributed by atoms with van der Waals surface area (Å²) < 4.78 is 2.05. The minimum Gasteiger partial charge on any atom is -0.378 e. The standard InChI is InChI=1S/C22H17N3O2/c1-4-15-5-7-16(8-6-15)24-21-13-17(23(2)3)9-11-19(21)20-12-10-18(25(26)27)14-22(20)24/h1,5-14H,2-3H3. The number of fused-ring (bicyclic) bond motifs is 3. The molecule has 4 aromatic rings. The molecule has 1 heterocycles. The Morgan fingerprint density at radius 1 is 0.963 bits per heavy atom. The number of hydrogen-bond donors (Lipinski definition) is 0. The molecular formula is C22H17N3O2. The van der Waals surface area contributed by atoms with Gasteiger partial charge in [-0.25, -0.2) is 0 Å². The van der Waals surface area contributed by atoms with Gasteiger partial charge in [0, 0.05) is 53.9 Å². The maximum Gasteiger partial charge on any atom is 0.271 e. The zero-order valence-electron chi connectivity index (χ0n) is 15.0. The van der Waals surface area contributed by atoms with E-state index in [4.69, 9.17) is 6.42 Å². The molecule has 0 aliphatic rings. The molecule has 0 bridgehead atoms. The summed E-state index contributed by atoms with van der Waals surface area (Å²) in [5, 5.41) is 13.3. The molecule has 5 nitrogen and oxygen atoms in total. The quantitative estimate of drug-likeness (QED) is 0.303. The van der Waals surface area contributed by atoms with Crippen LogP contribution in [0.5, 0.6) is 0 Å². The Kier molecular flexibility index (Phi) is 3.82. The lowest BCUT2D eigenvalue weighted by Gasteiger charge is -2.13. The molecule has 0 spiro atoms. The van der Waals surface area contributed by atoms with Crippen molar-refractivity contribution >= 4 is 33.2 Å². The molecule has 0 aliphatic heterocycles. The summed E-state index contributed by atoms with van der Waals surface area (Å²) in [6, 6.07) is 18.8. The predicted molar refractivity (Wildman–Crippen MR) is 110 cm³/mol. The normalized spacial score (nSPS) is 10.9. The first-order chi connectivity index (χ1) is 13.0. The molecule has 27 heavy (non-hydrogen) atoms. The lowest BCUT2D eigenvalue weighted by molar-refractivity contribution is -0.384. The molecule has 0 unspecified atom stereocenters. The second kappa shape index (κ2) is 6.19. The minimum absolute atomic E-state index is 0.0691. The van der Waals surface area contributed by atoms with Crippen molar-refractivity contribution in [3.8, 4) is 18.0 Å². The lowest BCUT2D eigenvalue weighted by atomic mass is 10.1. The molecule has 0 N–H and O–H groups in total. The van der Waals surface area contributed by atoms with E-state index in [0.717, 1.165) is 38.7 Å². The van der Waals surface area contributed by atoms with Gasteiger partial charge in [0.2, 0.25) is 0 Å². The summed E-state index contributed by atoms with van der Waals surface area (Å²) in [7, 11) is 3.97. The SMILES string of the molecule is C#Cc1ccc(-n2c3cc(N(C)C)ccc3c3ccc([N+](=O)[O-])cc32)cc1. The van der Waals surface area contributed by atoms with Gasteiger partial charge in [0.1, 0.15) is 0 Å². The second-order valence-electron chi connectivity index (χ2n) is 6.58. The largest absolute Gasteiger partial charge is 0.378 e.